The van der Waals surface area contributed by atoms with Crippen LogP contribution in [0.3, 0.4) is 0 Å². The monoisotopic (exact) mass is 372 g/mol. The fourth-order valence-electron chi connectivity index (χ4n) is 2.35. The predicted molar refractivity (Wildman–Crippen MR) is 101 cm³/mol. The van der Waals surface area contributed by atoms with Gasteiger partial charge in [0.1, 0.15) is 12.7 Å². The smallest absolute Gasteiger partial charge is 0.407 e. The van der Waals surface area contributed by atoms with Crippen molar-refractivity contribution in [2.45, 2.75) is 25.2 Å². The number of hydrogen-bond acceptors (Lipinski definition) is 6. The van der Waals surface area contributed by atoms with Crippen LogP contribution >= 0.6 is 12.2 Å². The molecule has 0 heterocycles. The van der Waals surface area contributed by atoms with E-state index in [1.165, 1.54) is 0 Å². The van der Waals surface area contributed by atoms with Crippen LogP contribution in [0, 0.1) is 0 Å². The second-order valence-electron chi connectivity index (χ2n) is 5.55. The molecule has 0 saturated carbocycles. The SMILES string of the molecule is O=C(NCCC(O)C(O)c1ccccc1N=C=S)OCc1ccccc1. The zero-order chi connectivity index (χ0) is 18.8. The number of carbonyl (C=O) groups excluding carboxylic acids is 1. The summed E-state index contributed by atoms with van der Waals surface area (Å²) in [5, 5.41) is 25.2. The number of amides is 1. The average Bonchev–Trinajstić information content (AvgIpc) is 2.67. The molecule has 0 aliphatic carbocycles. The van der Waals surface area contributed by atoms with E-state index in [0.717, 1.165) is 5.56 Å². The quantitative estimate of drug-likeness (QED) is 0.489. The molecular weight excluding hydrogens is 352 g/mol. The highest BCUT2D eigenvalue weighted by Gasteiger charge is 2.21. The number of nitrogens with zero attached hydrogens (tertiary/aromatic N) is 1. The minimum atomic E-state index is -1.15. The molecule has 2 atom stereocenters. The lowest BCUT2D eigenvalue weighted by Gasteiger charge is -2.19. The van der Waals surface area contributed by atoms with Gasteiger partial charge in [-0.15, -0.1) is 0 Å². The van der Waals surface area contributed by atoms with E-state index in [4.69, 9.17) is 4.74 Å². The van der Waals surface area contributed by atoms with Gasteiger partial charge in [-0.3, -0.25) is 0 Å². The Morgan fingerprint density at radius 3 is 2.58 bits per heavy atom. The van der Waals surface area contributed by atoms with Crippen molar-refractivity contribution in [2.75, 3.05) is 6.54 Å². The third kappa shape index (κ3) is 6.06. The summed E-state index contributed by atoms with van der Waals surface area (Å²) < 4.78 is 5.08. The second kappa shape index (κ2) is 10.4. The topological polar surface area (TPSA) is 91.2 Å². The molecule has 136 valence electrons. The van der Waals surface area contributed by atoms with Gasteiger partial charge in [0.05, 0.1) is 17.0 Å². The maximum Gasteiger partial charge on any atom is 0.407 e. The standard InChI is InChI=1S/C19H20N2O4S/c22-17(18(23)15-8-4-5-9-16(15)21-13-26)10-11-20-19(24)25-12-14-6-2-1-3-7-14/h1-9,17-18,22-23H,10-12H2,(H,20,24). The number of benzene rings is 2. The van der Waals surface area contributed by atoms with Crippen LogP contribution < -0.4 is 5.32 Å². The molecule has 0 aromatic heterocycles. The Balaban J connectivity index is 1.78. The summed E-state index contributed by atoms with van der Waals surface area (Å²) in [5.74, 6) is 0. The molecule has 0 spiro atoms. The van der Waals surface area contributed by atoms with Crippen LogP contribution in [0.15, 0.2) is 59.6 Å². The Hall–Kier alpha value is -2.57. The molecule has 0 saturated heterocycles. The summed E-state index contributed by atoms with van der Waals surface area (Å²) >= 11 is 4.58. The van der Waals surface area contributed by atoms with Crippen LogP contribution in [0.4, 0.5) is 10.5 Å². The van der Waals surface area contributed by atoms with Gasteiger partial charge >= 0.3 is 6.09 Å². The van der Waals surface area contributed by atoms with E-state index in [1.54, 1.807) is 24.3 Å². The molecule has 0 bridgehead atoms. The molecule has 2 rings (SSSR count). The minimum absolute atomic E-state index is 0.150. The number of aliphatic hydroxyl groups excluding tert-OH is 2. The third-order valence-corrected chi connectivity index (χ3v) is 3.80. The molecular formula is C19H20N2O4S. The highest BCUT2D eigenvalue weighted by molar-refractivity contribution is 7.78. The lowest BCUT2D eigenvalue weighted by Crippen LogP contribution is -2.29. The molecule has 3 N–H and O–H groups in total. The van der Waals surface area contributed by atoms with Crippen molar-refractivity contribution >= 4 is 29.2 Å². The number of ether oxygens (including phenoxy) is 1. The van der Waals surface area contributed by atoms with Crippen molar-refractivity contribution in [3.63, 3.8) is 0 Å². The summed E-state index contributed by atoms with van der Waals surface area (Å²) in [4.78, 5) is 15.5. The van der Waals surface area contributed by atoms with Gasteiger partial charge in [0, 0.05) is 12.1 Å². The maximum atomic E-state index is 11.7. The number of para-hydroxylation sites is 1. The Morgan fingerprint density at radius 1 is 1.15 bits per heavy atom. The van der Waals surface area contributed by atoms with E-state index in [0.29, 0.717) is 11.3 Å². The van der Waals surface area contributed by atoms with E-state index in [1.807, 2.05) is 30.3 Å². The van der Waals surface area contributed by atoms with Crippen LogP contribution in [-0.4, -0.2) is 34.1 Å². The van der Waals surface area contributed by atoms with Crippen LogP contribution in [-0.2, 0) is 11.3 Å². The number of rotatable bonds is 8. The van der Waals surface area contributed by atoms with Crippen molar-refractivity contribution in [3.05, 3.63) is 65.7 Å². The first-order valence-corrected chi connectivity index (χ1v) is 8.50. The van der Waals surface area contributed by atoms with Crippen LogP contribution in [0.1, 0.15) is 23.7 Å². The van der Waals surface area contributed by atoms with Crippen LogP contribution in [0.5, 0.6) is 0 Å². The summed E-state index contributed by atoms with van der Waals surface area (Å²) in [6, 6.07) is 16.1. The van der Waals surface area contributed by atoms with Crippen molar-refractivity contribution in [1.82, 2.24) is 5.32 Å². The maximum absolute atomic E-state index is 11.7. The minimum Gasteiger partial charge on any atom is -0.445 e. The molecule has 2 aromatic carbocycles. The van der Waals surface area contributed by atoms with Crippen molar-refractivity contribution in [2.24, 2.45) is 4.99 Å². The van der Waals surface area contributed by atoms with Crippen molar-refractivity contribution < 1.29 is 19.7 Å². The van der Waals surface area contributed by atoms with Gasteiger partial charge in [-0.05, 0) is 30.3 Å². The number of isothiocyanates is 1. The van der Waals surface area contributed by atoms with Gasteiger partial charge in [0.2, 0.25) is 0 Å². The van der Waals surface area contributed by atoms with Gasteiger partial charge in [0.15, 0.2) is 0 Å². The average molecular weight is 372 g/mol. The fraction of sp³-hybridized carbons (Fsp3) is 0.263. The van der Waals surface area contributed by atoms with Gasteiger partial charge < -0.3 is 20.3 Å². The number of nitrogens with one attached hydrogen (secondary N) is 1. The molecule has 0 fully saturated rings. The Kier molecular flexibility index (Phi) is 7.92. The lowest BCUT2D eigenvalue weighted by atomic mass is 10.0. The fourth-order valence-corrected chi connectivity index (χ4v) is 2.45. The largest absolute Gasteiger partial charge is 0.445 e. The number of alkyl carbamates (subject to hydrolysis) is 1. The number of aliphatic imine (C=N–C) groups is 1. The predicted octanol–water partition coefficient (Wildman–Crippen LogP) is 3.13. The molecule has 26 heavy (non-hydrogen) atoms. The van der Waals surface area contributed by atoms with E-state index >= 15 is 0 Å². The molecule has 7 heteroatoms. The van der Waals surface area contributed by atoms with Gasteiger partial charge in [-0.25, -0.2) is 4.79 Å². The number of hydrogen-bond donors (Lipinski definition) is 3. The summed E-state index contributed by atoms with van der Waals surface area (Å²) in [6.07, 6.45) is -2.66. The number of carbonyl (C=O) groups is 1. The zero-order valence-corrected chi connectivity index (χ0v) is 14.9. The van der Waals surface area contributed by atoms with Crippen molar-refractivity contribution in [3.8, 4) is 0 Å². The highest BCUT2D eigenvalue weighted by Crippen LogP contribution is 2.28. The Labute approximate surface area is 157 Å². The zero-order valence-electron chi connectivity index (χ0n) is 14.0. The highest BCUT2D eigenvalue weighted by atomic mass is 32.1. The Bertz CT molecular complexity index is 763. The molecule has 1 amide bonds. The van der Waals surface area contributed by atoms with E-state index < -0.39 is 18.3 Å². The summed E-state index contributed by atoms with van der Waals surface area (Å²) in [7, 11) is 0. The normalized spacial score (nSPS) is 12.5. The van der Waals surface area contributed by atoms with E-state index in [-0.39, 0.29) is 19.6 Å². The van der Waals surface area contributed by atoms with E-state index in [2.05, 4.69) is 27.7 Å². The van der Waals surface area contributed by atoms with Crippen LogP contribution in [0.2, 0.25) is 0 Å². The van der Waals surface area contributed by atoms with Gasteiger partial charge in [-0.1, -0.05) is 48.5 Å². The molecule has 6 nitrogen and oxygen atoms in total. The first-order valence-electron chi connectivity index (χ1n) is 8.09. The molecule has 0 aliphatic rings. The van der Waals surface area contributed by atoms with Gasteiger partial charge in [-0.2, -0.15) is 4.99 Å². The third-order valence-electron chi connectivity index (χ3n) is 3.71. The molecule has 2 aromatic rings. The van der Waals surface area contributed by atoms with Gasteiger partial charge in [0.25, 0.3) is 0 Å². The van der Waals surface area contributed by atoms with E-state index in [9.17, 15) is 15.0 Å². The van der Waals surface area contributed by atoms with Crippen LogP contribution in [0.25, 0.3) is 0 Å². The summed E-state index contributed by atoms with van der Waals surface area (Å²) in [6.45, 7) is 0.325. The van der Waals surface area contributed by atoms with Crippen molar-refractivity contribution in [1.29, 1.82) is 0 Å². The first-order chi connectivity index (χ1) is 12.6. The molecule has 0 radical (unpaired) electrons. The number of thiocarbonyl (C=S) groups is 1. The second-order valence-corrected chi connectivity index (χ2v) is 5.73. The first kappa shape index (κ1) is 19.8. The lowest BCUT2D eigenvalue weighted by molar-refractivity contribution is 0.0140. The Morgan fingerprint density at radius 2 is 1.85 bits per heavy atom. The summed E-state index contributed by atoms with van der Waals surface area (Å²) in [5.41, 5.74) is 1.78. The molecule has 2 unspecified atom stereocenters. The molecule has 0 aliphatic heterocycles. The number of aliphatic hydroxyl groups is 2.